The molecule has 0 atom stereocenters. The molecule has 0 bridgehead atoms. The number of benzene rings is 2. The zero-order valence-corrected chi connectivity index (χ0v) is 16.4. The predicted octanol–water partition coefficient (Wildman–Crippen LogP) is 4.04. The lowest BCUT2D eigenvalue weighted by Crippen LogP contribution is -2.19. The summed E-state index contributed by atoms with van der Waals surface area (Å²) in [6, 6.07) is 12.6. The molecule has 1 heterocycles. The minimum atomic E-state index is -3.80. The van der Waals surface area contributed by atoms with Crippen molar-refractivity contribution in [3.63, 3.8) is 0 Å². The summed E-state index contributed by atoms with van der Waals surface area (Å²) in [7, 11) is -3.80. The van der Waals surface area contributed by atoms with Crippen LogP contribution in [0, 0.1) is 20.8 Å². The van der Waals surface area contributed by atoms with Crippen LogP contribution in [-0.2, 0) is 10.0 Å². The van der Waals surface area contributed by atoms with Gasteiger partial charge >= 0.3 is 6.03 Å². The number of nitrogens with zero attached hydrogens (tertiary/aromatic N) is 1. The van der Waals surface area contributed by atoms with E-state index in [-0.39, 0.29) is 10.7 Å². The molecular formula is C19H20N4O4S. The van der Waals surface area contributed by atoms with Crippen LogP contribution < -0.4 is 15.4 Å². The number of urea groups is 1. The van der Waals surface area contributed by atoms with E-state index in [1.165, 1.54) is 30.3 Å². The van der Waals surface area contributed by atoms with Crippen molar-refractivity contribution in [3.05, 3.63) is 65.4 Å². The van der Waals surface area contributed by atoms with Gasteiger partial charge in [-0.2, -0.15) is 0 Å². The van der Waals surface area contributed by atoms with Crippen molar-refractivity contribution in [3.8, 4) is 0 Å². The van der Waals surface area contributed by atoms with Gasteiger partial charge in [0.25, 0.3) is 10.0 Å². The molecule has 0 radical (unpaired) electrons. The standard InChI is InChI=1S/C19H20N4O4S/c1-12-8-13(2)10-16(9-12)21-19(24)20-15-4-6-17(7-5-15)28(25,26)23-18-11-14(3)27-22-18/h4-11H,1-3H3,(H,22,23)(H2,20,21,24). The van der Waals surface area contributed by atoms with Crippen molar-refractivity contribution < 1.29 is 17.7 Å². The van der Waals surface area contributed by atoms with E-state index in [1.807, 2.05) is 32.0 Å². The molecule has 0 aliphatic heterocycles. The number of anilines is 3. The lowest BCUT2D eigenvalue weighted by molar-refractivity contribution is 0.262. The van der Waals surface area contributed by atoms with Crippen LogP contribution in [0.5, 0.6) is 0 Å². The molecule has 9 heteroatoms. The van der Waals surface area contributed by atoms with Crippen molar-refractivity contribution in [1.29, 1.82) is 0 Å². The van der Waals surface area contributed by atoms with E-state index in [4.69, 9.17) is 4.52 Å². The highest BCUT2D eigenvalue weighted by Crippen LogP contribution is 2.19. The molecule has 3 N–H and O–H groups in total. The van der Waals surface area contributed by atoms with Crippen LogP contribution >= 0.6 is 0 Å². The van der Waals surface area contributed by atoms with E-state index >= 15 is 0 Å². The Morgan fingerprint density at radius 1 is 0.893 bits per heavy atom. The molecule has 1 aromatic heterocycles. The number of hydrogen-bond acceptors (Lipinski definition) is 5. The second kappa shape index (κ2) is 7.73. The van der Waals surface area contributed by atoms with Gasteiger partial charge in [-0.05, 0) is 68.3 Å². The van der Waals surface area contributed by atoms with Crippen LogP contribution in [0.25, 0.3) is 0 Å². The molecule has 146 valence electrons. The summed E-state index contributed by atoms with van der Waals surface area (Å²) in [4.78, 5) is 12.2. The summed E-state index contributed by atoms with van der Waals surface area (Å²) in [5, 5.41) is 9.03. The maximum absolute atomic E-state index is 12.4. The number of rotatable bonds is 5. The number of hydrogen-bond donors (Lipinski definition) is 3. The van der Waals surface area contributed by atoms with Gasteiger partial charge < -0.3 is 15.2 Å². The molecule has 0 spiro atoms. The SMILES string of the molecule is Cc1cc(C)cc(NC(=O)Nc2ccc(S(=O)(=O)Nc3cc(C)on3)cc2)c1. The normalized spacial score (nSPS) is 11.1. The van der Waals surface area contributed by atoms with Crippen molar-refractivity contribution in [1.82, 2.24) is 5.16 Å². The number of nitrogens with one attached hydrogen (secondary N) is 3. The zero-order chi connectivity index (χ0) is 20.3. The Labute approximate surface area is 163 Å². The van der Waals surface area contributed by atoms with Crippen LogP contribution in [0.2, 0.25) is 0 Å². The second-order valence-corrected chi connectivity index (χ2v) is 8.09. The van der Waals surface area contributed by atoms with Gasteiger partial charge in [0, 0.05) is 17.4 Å². The molecule has 0 saturated carbocycles. The smallest absolute Gasteiger partial charge is 0.323 e. The fraction of sp³-hybridized carbons (Fsp3) is 0.158. The summed E-state index contributed by atoms with van der Waals surface area (Å²) in [6.07, 6.45) is 0. The molecule has 0 unspecified atom stereocenters. The average molecular weight is 400 g/mol. The number of amides is 2. The highest BCUT2D eigenvalue weighted by Gasteiger charge is 2.16. The molecule has 28 heavy (non-hydrogen) atoms. The summed E-state index contributed by atoms with van der Waals surface area (Å²) in [5.41, 5.74) is 3.22. The van der Waals surface area contributed by atoms with Crippen LogP contribution in [0.4, 0.5) is 22.0 Å². The van der Waals surface area contributed by atoms with Gasteiger partial charge in [-0.1, -0.05) is 11.2 Å². The monoisotopic (exact) mass is 400 g/mol. The van der Waals surface area contributed by atoms with Crippen molar-refractivity contribution >= 4 is 33.2 Å². The Hall–Kier alpha value is -3.33. The molecule has 3 rings (SSSR count). The minimum absolute atomic E-state index is 0.0356. The molecule has 0 aliphatic rings. The average Bonchev–Trinajstić information content (AvgIpc) is 2.98. The van der Waals surface area contributed by atoms with Crippen molar-refractivity contribution in [2.45, 2.75) is 25.7 Å². The first kappa shape index (κ1) is 19.4. The van der Waals surface area contributed by atoms with Crippen LogP contribution in [0.1, 0.15) is 16.9 Å². The molecule has 8 nitrogen and oxygen atoms in total. The number of carbonyl (C=O) groups is 1. The lowest BCUT2D eigenvalue weighted by atomic mass is 10.1. The van der Waals surface area contributed by atoms with Crippen molar-refractivity contribution in [2.24, 2.45) is 0 Å². The number of carbonyl (C=O) groups excluding carboxylic acids is 1. The summed E-state index contributed by atoms with van der Waals surface area (Å²) < 4.78 is 31.9. The first-order valence-electron chi connectivity index (χ1n) is 8.44. The summed E-state index contributed by atoms with van der Waals surface area (Å²) in [6.45, 7) is 5.56. The zero-order valence-electron chi connectivity index (χ0n) is 15.6. The largest absolute Gasteiger partial charge is 0.360 e. The van der Waals surface area contributed by atoms with Gasteiger partial charge in [0.2, 0.25) is 0 Å². The number of aromatic nitrogens is 1. The fourth-order valence-corrected chi connectivity index (χ4v) is 3.65. The second-order valence-electron chi connectivity index (χ2n) is 6.41. The number of sulfonamides is 1. The van der Waals surface area contributed by atoms with Gasteiger partial charge in [0.05, 0.1) is 4.90 Å². The molecule has 0 aliphatic carbocycles. The van der Waals surface area contributed by atoms with Gasteiger partial charge in [-0.3, -0.25) is 4.72 Å². The predicted molar refractivity (Wildman–Crippen MR) is 107 cm³/mol. The van der Waals surface area contributed by atoms with Gasteiger partial charge in [-0.25, -0.2) is 13.2 Å². The molecular weight excluding hydrogens is 380 g/mol. The van der Waals surface area contributed by atoms with E-state index in [9.17, 15) is 13.2 Å². The quantitative estimate of drug-likeness (QED) is 0.598. The first-order chi connectivity index (χ1) is 13.2. The van der Waals surface area contributed by atoms with E-state index in [0.29, 0.717) is 17.1 Å². The van der Waals surface area contributed by atoms with Gasteiger partial charge in [-0.15, -0.1) is 0 Å². The third-order valence-corrected chi connectivity index (χ3v) is 5.14. The topological polar surface area (TPSA) is 113 Å². The van der Waals surface area contributed by atoms with E-state index in [1.54, 1.807) is 6.92 Å². The Balaban J connectivity index is 1.65. The summed E-state index contributed by atoms with van der Waals surface area (Å²) >= 11 is 0. The number of aryl methyl sites for hydroxylation is 3. The van der Waals surface area contributed by atoms with Gasteiger partial charge in [0.15, 0.2) is 5.82 Å². The molecule has 0 saturated heterocycles. The third-order valence-electron chi connectivity index (χ3n) is 3.77. The lowest BCUT2D eigenvalue weighted by Gasteiger charge is -2.10. The highest BCUT2D eigenvalue weighted by molar-refractivity contribution is 7.92. The Morgan fingerprint density at radius 2 is 1.50 bits per heavy atom. The highest BCUT2D eigenvalue weighted by atomic mass is 32.2. The minimum Gasteiger partial charge on any atom is -0.360 e. The maximum Gasteiger partial charge on any atom is 0.323 e. The van der Waals surface area contributed by atoms with E-state index in [0.717, 1.165) is 11.1 Å². The summed E-state index contributed by atoms with van der Waals surface area (Å²) in [5.74, 6) is 0.597. The van der Waals surface area contributed by atoms with E-state index in [2.05, 4.69) is 20.5 Å². The first-order valence-corrected chi connectivity index (χ1v) is 9.92. The molecule has 3 aromatic rings. The Morgan fingerprint density at radius 3 is 2.07 bits per heavy atom. The Bertz CT molecular complexity index is 1080. The van der Waals surface area contributed by atoms with Crippen LogP contribution in [0.15, 0.2) is 57.9 Å². The van der Waals surface area contributed by atoms with Crippen molar-refractivity contribution in [2.75, 3.05) is 15.4 Å². The fourth-order valence-electron chi connectivity index (χ4n) is 2.67. The van der Waals surface area contributed by atoms with Crippen LogP contribution in [0.3, 0.4) is 0 Å². The van der Waals surface area contributed by atoms with Gasteiger partial charge in [0.1, 0.15) is 5.76 Å². The molecule has 2 amide bonds. The Kier molecular flexibility index (Phi) is 5.36. The third kappa shape index (κ3) is 4.89. The van der Waals surface area contributed by atoms with Crippen LogP contribution in [-0.4, -0.2) is 19.6 Å². The molecule has 2 aromatic carbocycles. The molecule has 0 fully saturated rings. The maximum atomic E-state index is 12.4. The van der Waals surface area contributed by atoms with E-state index < -0.39 is 16.1 Å².